The molecule has 1 rings (SSSR count). The lowest BCUT2D eigenvalue weighted by molar-refractivity contribution is -0.116. The van der Waals surface area contributed by atoms with Gasteiger partial charge in [0.05, 0.1) is 0 Å². The predicted octanol–water partition coefficient (Wildman–Crippen LogP) is 2.40. The maximum absolute atomic E-state index is 11.1. The molecule has 13 heavy (non-hydrogen) atoms. The highest BCUT2D eigenvalue weighted by Gasteiger charge is 2.21. The summed E-state index contributed by atoms with van der Waals surface area (Å²) in [5.74, 6) is 0.0824. The number of nitrogens with one attached hydrogen (secondary N) is 1. The Morgan fingerprint density at radius 1 is 1.46 bits per heavy atom. The standard InChI is InChI=1S/C11H19NO/c1-2-3-4-5-6-7-11(13)12-10-8-9-10/h6-7,10H,2-5,8-9H2,1H3,(H,12,13)/b7-6+. The zero-order valence-corrected chi connectivity index (χ0v) is 8.38. The molecule has 0 aromatic carbocycles. The van der Waals surface area contributed by atoms with Crippen molar-refractivity contribution in [1.29, 1.82) is 0 Å². The number of hydrogen-bond donors (Lipinski definition) is 1. The first-order valence-electron chi connectivity index (χ1n) is 5.30. The maximum atomic E-state index is 11.1. The molecule has 2 heteroatoms. The van der Waals surface area contributed by atoms with Crippen molar-refractivity contribution in [3.05, 3.63) is 12.2 Å². The Bertz CT molecular complexity index is 183. The lowest BCUT2D eigenvalue weighted by Crippen LogP contribution is -2.22. The van der Waals surface area contributed by atoms with E-state index in [1.165, 1.54) is 19.3 Å². The van der Waals surface area contributed by atoms with Crippen molar-refractivity contribution >= 4 is 5.91 Å². The molecule has 0 aliphatic heterocycles. The van der Waals surface area contributed by atoms with Crippen LogP contribution in [0.2, 0.25) is 0 Å². The third-order valence-corrected chi connectivity index (χ3v) is 2.17. The van der Waals surface area contributed by atoms with E-state index in [0.29, 0.717) is 6.04 Å². The molecule has 0 unspecified atom stereocenters. The molecule has 1 fully saturated rings. The summed E-state index contributed by atoms with van der Waals surface area (Å²) in [6.07, 6.45) is 10.7. The lowest BCUT2D eigenvalue weighted by atomic mass is 10.2. The first-order chi connectivity index (χ1) is 6.33. The Balaban J connectivity index is 1.97. The van der Waals surface area contributed by atoms with Crippen LogP contribution in [-0.4, -0.2) is 11.9 Å². The van der Waals surface area contributed by atoms with Gasteiger partial charge in [-0.1, -0.05) is 25.8 Å². The Morgan fingerprint density at radius 2 is 2.23 bits per heavy atom. The van der Waals surface area contributed by atoms with E-state index < -0.39 is 0 Å². The van der Waals surface area contributed by atoms with Gasteiger partial charge in [-0.2, -0.15) is 0 Å². The smallest absolute Gasteiger partial charge is 0.243 e. The van der Waals surface area contributed by atoms with E-state index in [1.54, 1.807) is 6.08 Å². The summed E-state index contributed by atoms with van der Waals surface area (Å²) in [4.78, 5) is 11.1. The van der Waals surface area contributed by atoms with E-state index in [2.05, 4.69) is 12.2 Å². The zero-order valence-electron chi connectivity index (χ0n) is 8.38. The van der Waals surface area contributed by atoms with Crippen molar-refractivity contribution < 1.29 is 4.79 Å². The molecule has 1 amide bonds. The molecule has 0 aromatic heterocycles. The highest BCUT2D eigenvalue weighted by Crippen LogP contribution is 2.18. The summed E-state index contributed by atoms with van der Waals surface area (Å²) in [5, 5.41) is 2.92. The van der Waals surface area contributed by atoms with Crippen molar-refractivity contribution in [2.45, 2.75) is 51.5 Å². The fourth-order valence-electron chi connectivity index (χ4n) is 1.18. The Kier molecular flexibility index (Phi) is 4.58. The monoisotopic (exact) mass is 181 g/mol. The van der Waals surface area contributed by atoms with E-state index in [9.17, 15) is 4.79 Å². The number of rotatable bonds is 6. The fourth-order valence-corrected chi connectivity index (χ4v) is 1.18. The van der Waals surface area contributed by atoms with Crippen molar-refractivity contribution in [3.8, 4) is 0 Å². The van der Waals surface area contributed by atoms with Crippen LogP contribution in [-0.2, 0) is 4.79 Å². The van der Waals surface area contributed by atoms with Crippen molar-refractivity contribution in [3.63, 3.8) is 0 Å². The minimum atomic E-state index is 0.0824. The quantitative estimate of drug-likeness (QED) is 0.495. The molecule has 0 radical (unpaired) electrons. The average molecular weight is 181 g/mol. The van der Waals surface area contributed by atoms with E-state index in [-0.39, 0.29) is 5.91 Å². The van der Waals surface area contributed by atoms with Crippen LogP contribution < -0.4 is 5.32 Å². The van der Waals surface area contributed by atoms with Crippen LogP contribution in [0.25, 0.3) is 0 Å². The second-order valence-corrected chi connectivity index (χ2v) is 3.68. The molecule has 0 bridgehead atoms. The van der Waals surface area contributed by atoms with Crippen LogP contribution >= 0.6 is 0 Å². The molecule has 0 saturated heterocycles. The van der Waals surface area contributed by atoms with Gasteiger partial charge in [0.1, 0.15) is 0 Å². The Hall–Kier alpha value is -0.790. The molecule has 1 aliphatic carbocycles. The number of hydrogen-bond acceptors (Lipinski definition) is 1. The first-order valence-corrected chi connectivity index (χ1v) is 5.30. The van der Waals surface area contributed by atoms with E-state index >= 15 is 0 Å². The average Bonchev–Trinajstić information content (AvgIpc) is 2.88. The van der Waals surface area contributed by atoms with Crippen molar-refractivity contribution in [2.75, 3.05) is 0 Å². The van der Waals surface area contributed by atoms with Crippen LogP contribution in [0.15, 0.2) is 12.2 Å². The predicted molar refractivity (Wildman–Crippen MR) is 54.4 cm³/mol. The highest BCUT2D eigenvalue weighted by molar-refractivity contribution is 5.87. The second kappa shape index (κ2) is 5.79. The second-order valence-electron chi connectivity index (χ2n) is 3.68. The topological polar surface area (TPSA) is 29.1 Å². The van der Waals surface area contributed by atoms with E-state index in [4.69, 9.17) is 0 Å². The summed E-state index contributed by atoms with van der Waals surface area (Å²) < 4.78 is 0. The van der Waals surface area contributed by atoms with Gasteiger partial charge < -0.3 is 5.32 Å². The molecule has 74 valence electrons. The van der Waals surface area contributed by atoms with Gasteiger partial charge in [0.15, 0.2) is 0 Å². The number of unbranched alkanes of at least 4 members (excludes halogenated alkanes) is 3. The van der Waals surface area contributed by atoms with Gasteiger partial charge in [-0.15, -0.1) is 0 Å². The van der Waals surface area contributed by atoms with Crippen molar-refractivity contribution in [1.82, 2.24) is 5.32 Å². The highest BCUT2D eigenvalue weighted by atomic mass is 16.1. The van der Waals surface area contributed by atoms with Crippen LogP contribution in [0.5, 0.6) is 0 Å². The summed E-state index contributed by atoms with van der Waals surface area (Å²) in [5.41, 5.74) is 0. The summed E-state index contributed by atoms with van der Waals surface area (Å²) in [7, 11) is 0. The van der Waals surface area contributed by atoms with E-state index in [1.807, 2.05) is 6.08 Å². The van der Waals surface area contributed by atoms with E-state index in [0.717, 1.165) is 19.3 Å². The molecule has 0 heterocycles. The molecule has 1 saturated carbocycles. The molecular weight excluding hydrogens is 162 g/mol. The summed E-state index contributed by atoms with van der Waals surface area (Å²) in [6.45, 7) is 2.18. The SMILES string of the molecule is CCCCC/C=C/C(=O)NC1CC1. The van der Waals surface area contributed by atoms with Gasteiger partial charge in [-0.05, 0) is 31.8 Å². The summed E-state index contributed by atoms with van der Waals surface area (Å²) >= 11 is 0. The van der Waals surface area contributed by atoms with Gasteiger partial charge in [0.25, 0.3) is 0 Å². The van der Waals surface area contributed by atoms with Crippen LogP contribution in [0.4, 0.5) is 0 Å². The third-order valence-electron chi connectivity index (χ3n) is 2.17. The van der Waals surface area contributed by atoms with Crippen molar-refractivity contribution in [2.24, 2.45) is 0 Å². The third kappa shape index (κ3) is 5.45. The minimum absolute atomic E-state index is 0.0824. The largest absolute Gasteiger partial charge is 0.350 e. The number of carbonyl (C=O) groups excluding carboxylic acids is 1. The zero-order chi connectivity index (χ0) is 9.52. The van der Waals surface area contributed by atoms with Gasteiger partial charge in [-0.3, -0.25) is 4.79 Å². The van der Waals surface area contributed by atoms with Gasteiger partial charge in [0.2, 0.25) is 5.91 Å². The molecule has 0 atom stereocenters. The number of amides is 1. The molecule has 1 N–H and O–H groups in total. The Labute approximate surface area is 80.4 Å². The maximum Gasteiger partial charge on any atom is 0.243 e. The van der Waals surface area contributed by atoms with Gasteiger partial charge >= 0.3 is 0 Å². The van der Waals surface area contributed by atoms with Crippen LogP contribution in [0.1, 0.15) is 45.4 Å². The molecule has 0 aromatic rings. The Morgan fingerprint density at radius 3 is 2.85 bits per heavy atom. The molecule has 1 aliphatic rings. The van der Waals surface area contributed by atoms with Gasteiger partial charge in [0, 0.05) is 6.04 Å². The summed E-state index contributed by atoms with van der Waals surface area (Å²) in [6, 6.07) is 0.479. The molecule has 0 spiro atoms. The normalized spacial score (nSPS) is 16.4. The van der Waals surface area contributed by atoms with Crippen LogP contribution in [0.3, 0.4) is 0 Å². The molecule has 2 nitrogen and oxygen atoms in total. The van der Waals surface area contributed by atoms with Gasteiger partial charge in [-0.25, -0.2) is 0 Å². The molecular formula is C11H19NO. The minimum Gasteiger partial charge on any atom is -0.350 e. The lowest BCUT2D eigenvalue weighted by Gasteiger charge is -1.96. The number of carbonyl (C=O) groups is 1. The van der Waals surface area contributed by atoms with Crippen LogP contribution in [0, 0.1) is 0 Å². The number of allylic oxidation sites excluding steroid dienone is 1. The first kappa shape index (κ1) is 10.3. The fraction of sp³-hybridized carbons (Fsp3) is 0.727.